The second-order valence-electron chi connectivity index (χ2n) is 4.16. The van der Waals surface area contributed by atoms with Gasteiger partial charge in [0.25, 0.3) is 0 Å². The van der Waals surface area contributed by atoms with Crippen LogP contribution in [0.25, 0.3) is 0 Å². The third-order valence-corrected chi connectivity index (χ3v) is 4.46. The Kier molecular flexibility index (Phi) is 5.06. The molecule has 1 aromatic carbocycles. The summed E-state index contributed by atoms with van der Waals surface area (Å²) < 4.78 is 3.87. The lowest BCUT2D eigenvalue weighted by molar-refractivity contribution is 0.569. The lowest BCUT2D eigenvalue weighted by atomic mass is 10.0. The Morgan fingerprint density at radius 1 is 1.37 bits per heavy atom. The second-order valence-corrected chi connectivity index (χ2v) is 6.30. The molecule has 0 fully saturated rings. The van der Waals surface area contributed by atoms with Crippen molar-refractivity contribution in [1.29, 1.82) is 0 Å². The van der Waals surface area contributed by atoms with Crippen LogP contribution in [0.2, 0.25) is 5.02 Å². The monoisotopic (exact) mass is 405 g/mol. The van der Waals surface area contributed by atoms with Gasteiger partial charge in [-0.3, -0.25) is 4.68 Å². The SMILES string of the molecule is CCNC(c1cc(Cl)ccc1Br)c1c(Br)cnn1C. The molecule has 0 aliphatic carbocycles. The van der Waals surface area contributed by atoms with Crippen LogP contribution >= 0.6 is 43.5 Å². The Bertz CT molecular complexity index is 564. The Morgan fingerprint density at radius 2 is 2.11 bits per heavy atom. The first-order valence-electron chi connectivity index (χ1n) is 5.90. The number of aryl methyl sites for hydroxylation is 1. The molecule has 0 bridgehead atoms. The van der Waals surface area contributed by atoms with E-state index in [9.17, 15) is 0 Å². The number of aromatic nitrogens is 2. The van der Waals surface area contributed by atoms with Gasteiger partial charge in [-0.15, -0.1) is 0 Å². The van der Waals surface area contributed by atoms with Gasteiger partial charge in [0.15, 0.2) is 0 Å². The topological polar surface area (TPSA) is 29.9 Å². The van der Waals surface area contributed by atoms with Crippen molar-refractivity contribution in [2.24, 2.45) is 7.05 Å². The number of rotatable bonds is 4. The minimum absolute atomic E-state index is 0.0277. The molecule has 19 heavy (non-hydrogen) atoms. The summed E-state index contributed by atoms with van der Waals surface area (Å²) in [4.78, 5) is 0. The van der Waals surface area contributed by atoms with Crippen LogP contribution in [-0.4, -0.2) is 16.3 Å². The first-order valence-corrected chi connectivity index (χ1v) is 7.86. The minimum Gasteiger partial charge on any atom is -0.305 e. The van der Waals surface area contributed by atoms with Gasteiger partial charge in [0, 0.05) is 16.5 Å². The van der Waals surface area contributed by atoms with Crippen LogP contribution in [0.15, 0.2) is 33.3 Å². The molecule has 0 spiro atoms. The number of nitrogens with zero attached hydrogens (tertiary/aromatic N) is 2. The molecule has 1 unspecified atom stereocenters. The lowest BCUT2D eigenvalue weighted by Crippen LogP contribution is -2.25. The van der Waals surface area contributed by atoms with E-state index in [0.29, 0.717) is 0 Å². The van der Waals surface area contributed by atoms with E-state index < -0.39 is 0 Å². The second kappa shape index (κ2) is 6.39. The molecule has 1 aromatic heterocycles. The lowest BCUT2D eigenvalue weighted by Gasteiger charge is -2.21. The first-order chi connectivity index (χ1) is 9.04. The molecule has 0 amide bonds. The Hall–Kier alpha value is -0.360. The van der Waals surface area contributed by atoms with Crippen molar-refractivity contribution < 1.29 is 0 Å². The smallest absolute Gasteiger partial charge is 0.0771 e. The van der Waals surface area contributed by atoms with E-state index >= 15 is 0 Å². The van der Waals surface area contributed by atoms with Crippen LogP contribution in [0.3, 0.4) is 0 Å². The summed E-state index contributed by atoms with van der Waals surface area (Å²) in [6.07, 6.45) is 1.80. The molecule has 1 heterocycles. The number of benzene rings is 1. The van der Waals surface area contributed by atoms with Crippen LogP contribution < -0.4 is 5.32 Å². The molecule has 0 radical (unpaired) electrons. The van der Waals surface area contributed by atoms with Gasteiger partial charge in [-0.25, -0.2) is 0 Å². The highest BCUT2D eigenvalue weighted by Gasteiger charge is 2.22. The molecule has 1 N–H and O–H groups in total. The first kappa shape index (κ1) is 15.0. The van der Waals surface area contributed by atoms with Gasteiger partial charge >= 0.3 is 0 Å². The van der Waals surface area contributed by atoms with Crippen molar-refractivity contribution >= 4 is 43.5 Å². The highest BCUT2D eigenvalue weighted by Crippen LogP contribution is 2.33. The maximum Gasteiger partial charge on any atom is 0.0771 e. The maximum absolute atomic E-state index is 6.12. The van der Waals surface area contributed by atoms with Gasteiger partial charge < -0.3 is 5.32 Å². The molecule has 0 saturated carbocycles. The minimum atomic E-state index is 0.0277. The largest absolute Gasteiger partial charge is 0.305 e. The summed E-state index contributed by atoms with van der Waals surface area (Å²) in [5.41, 5.74) is 2.17. The van der Waals surface area contributed by atoms with E-state index in [-0.39, 0.29) is 6.04 Å². The number of hydrogen-bond donors (Lipinski definition) is 1. The summed E-state index contributed by atoms with van der Waals surface area (Å²) in [6, 6.07) is 5.83. The molecule has 2 rings (SSSR count). The van der Waals surface area contributed by atoms with E-state index in [4.69, 9.17) is 11.6 Å². The number of hydrogen-bond acceptors (Lipinski definition) is 2. The number of halogens is 3. The Morgan fingerprint density at radius 3 is 2.68 bits per heavy atom. The summed E-state index contributed by atoms with van der Waals surface area (Å²) in [7, 11) is 1.93. The summed E-state index contributed by atoms with van der Waals surface area (Å²) in [6.45, 7) is 2.93. The molecule has 0 aliphatic rings. The van der Waals surface area contributed by atoms with E-state index in [2.05, 4.69) is 49.2 Å². The molecule has 0 aliphatic heterocycles. The number of nitrogens with one attached hydrogen (secondary N) is 1. The summed E-state index contributed by atoms with van der Waals surface area (Å²) in [5, 5.41) is 8.47. The zero-order chi connectivity index (χ0) is 14.0. The average Bonchev–Trinajstić information content (AvgIpc) is 2.70. The fourth-order valence-electron chi connectivity index (χ4n) is 2.04. The standard InChI is InChI=1S/C13H14Br2ClN3/c1-3-17-12(13-11(15)7-18-19(13)2)9-6-8(16)4-5-10(9)14/h4-7,12,17H,3H2,1-2H3. The van der Waals surface area contributed by atoms with Gasteiger partial charge in [0.2, 0.25) is 0 Å². The van der Waals surface area contributed by atoms with Crippen LogP contribution in [0.4, 0.5) is 0 Å². The van der Waals surface area contributed by atoms with Crippen molar-refractivity contribution in [3.05, 3.63) is 49.6 Å². The van der Waals surface area contributed by atoms with Gasteiger partial charge in [-0.2, -0.15) is 5.10 Å². The van der Waals surface area contributed by atoms with Gasteiger partial charge in [-0.1, -0.05) is 34.5 Å². The van der Waals surface area contributed by atoms with Crippen molar-refractivity contribution in [3.63, 3.8) is 0 Å². The highest BCUT2D eigenvalue weighted by molar-refractivity contribution is 9.10. The third kappa shape index (κ3) is 3.21. The summed E-state index contributed by atoms with van der Waals surface area (Å²) >= 11 is 13.3. The van der Waals surface area contributed by atoms with Gasteiger partial charge in [0.05, 0.1) is 22.4 Å². The molecule has 1 atom stereocenters. The maximum atomic E-state index is 6.12. The van der Waals surface area contributed by atoms with E-state index in [1.54, 1.807) is 6.20 Å². The predicted molar refractivity (Wildman–Crippen MR) is 85.6 cm³/mol. The predicted octanol–water partition coefficient (Wildman–Crippen LogP) is 4.30. The molecule has 6 heteroatoms. The fourth-order valence-corrected chi connectivity index (χ4v) is 3.27. The summed E-state index contributed by atoms with van der Waals surface area (Å²) in [5.74, 6) is 0. The molecule has 0 saturated heterocycles. The van der Waals surface area contributed by atoms with Crippen LogP contribution in [-0.2, 0) is 7.05 Å². The Labute approximate surface area is 134 Å². The average molecular weight is 408 g/mol. The van der Waals surface area contributed by atoms with Crippen molar-refractivity contribution in [2.75, 3.05) is 6.54 Å². The normalized spacial score (nSPS) is 12.7. The third-order valence-electron chi connectivity index (χ3n) is 2.89. The van der Waals surface area contributed by atoms with E-state index in [0.717, 1.165) is 31.8 Å². The van der Waals surface area contributed by atoms with Crippen LogP contribution in [0.1, 0.15) is 24.2 Å². The molecule has 102 valence electrons. The van der Waals surface area contributed by atoms with E-state index in [1.807, 2.05) is 29.9 Å². The van der Waals surface area contributed by atoms with Crippen molar-refractivity contribution in [1.82, 2.24) is 15.1 Å². The van der Waals surface area contributed by atoms with Crippen molar-refractivity contribution in [2.45, 2.75) is 13.0 Å². The molecular formula is C13H14Br2ClN3. The van der Waals surface area contributed by atoms with Crippen molar-refractivity contribution in [3.8, 4) is 0 Å². The van der Waals surface area contributed by atoms with E-state index in [1.165, 1.54) is 0 Å². The zero-order valence-electron chi connectivity index (χ0n) is 10.6. The quantitative estimate of drug-likeness (QED) is 0.819. The Balaban J connectivity index is 2.54. The molecule has 2 aromatic rings. The zero-order valence-corrected chi connectivity index (χ0v) is 14.6. The highest BCUT2D eigenvalue weighted by atomic mass is 79.9. The van der Waals surface area contributed by atoms with Gasteiger partial charge in [0.1, 0.15) is 0 Å². The molecule has 3 nitrogen and oxygen atoms in total. The van der Waals surface area contributed by atoms with Crippen LogP contribution in [0.5, 0.6) is 0 Å². The molecular weight excluding hydrogens is 393 g/mol. The van der Waals surface area contributed by atoms with Gasteiger partial charge in [-0.05, 0) is 46.2 Å². The van der Waals surface area contributed by atoms with Crippen LogP contribution in [0, 0.1) is 0 Å². The fraction of sp³-hybridized carbons (Fsp3) is 0.308.